The van der Waals surface area contributed by atoms with Crippen molar-refractivity contribution >= 4 is 5.69 Å². The van der Waals surface area contributed by atoms with Gasteiger partial charge in [-0.15, -0.1) is 0 Å². The summed E-state index contributed by atoms with van der Waals surface area (Å²) in [5, 5.41) is 2.86. The maximum atomic E-state index is 13.2. The summed E-state index contributed by atoms with van der Waals surface area (Å²) in [5.41, 5.74) is 0.0470. The fraction of sp³-hybridized carbons (Fsp3) is 0.455. The van der Waals surface area contributed by atoms with E-state index in [0.717, 1.165) is 18.9 Å². The second-order valence-electron chi connectivity index (χ2n) is 4.14. The van der Waals surface area contributed by atoms with E-state index in [1.165, 1.54) is 6.07 Å². The number of halogens is 3. The van der Waals surface area contributed by atoms with Gasteiger partial charge in [0.25, 0.3) is 0 Å². The predicted molar refractivity (Wildman–Crippen MR) is 52.1 cm³/mol. The highest BCUT2D eigenvalue weighted by molar-refractivity contribution is 5.46. The zero-order chi connectivity index (χ0) is 11.0. The molecule has 1 fully saturated rings. The van der Waals surface area contributed by atoms with Crippen LogP contribution in [0.1, 0.15) is 19.8 Å². The Hall–Kier alpha value is -1.19. The molecule has 1 saturated carbocycles. The van der Waals surface area contributed by atoms with Crippen LogP contribution < -0.4 is 5.32 Å². The molecular formula is C11H12F3N. The molecule has 0 spiro atoms. The third kappa shape index (κ3) is 1.94. The fourth-order valence-corrected chi connectivity index (χ4v) is 1.88. The number of benzene rings is 1. The van der Waals surface area contributed by atoms with E-state index in [9.17, 15) is 13.2 Å². The van der Waals surface area contributed by atoms with Crippen LogP contribution in [0.3, 0.4) is 0 Å². The monoisotopic (exact) mass is 215 g/mol. The Morgan fingerprint density at radius 3 is 2.40 bits per heavy atom. The second-order valence-corrected chi connectivity index (χ2v) is 4.14. The number of rotatable bonds is 2. The molecule has 0 saturated heterocycles. The molecule has 0 aromatic heterocycles. The van der Waals surface area contributed by atoms with Gasteiger partial charge >= 0.3 is 0 Å². The third-order valence-electron chi connectivity index (χ3n) is 2.77. The van der Waals surface area contributed by atoms with Crippen LogP contribution in [0.2, 0.25) is 0 Å². The quantitative estimate of drug-likeness (QED) is 0.746. The summed E-state index contributed by atoms with van der Waals surface area (Å²) in [5.74, 6) is -3.07. The first-order chi connectivity index (χ1) is 7.08. The summed E-state index contributed by atoms with van der Waals surface area (Å²) < 4.78 is 38.7. The van der Waals surface area contributed by atoms with Crippen LogP contribution >= 0.6 is 0 Å². The molecule has 1 aliphatic rings. The first kappa shape index (κ1) is 10.3. The lowest BCUT2D eigenvalue weighted by atomic mass is 9.82. The Balaban J connectivity index is 2.12. The minimum Gasteiger partial charge on any atom is -0.380 e. The van der Waals surface area contributed by atoms with Gasteiger partial charge in [-0.1, -0.05) is 6.92 Å². The van der Waals surface area contributed by atoms with Crippen molar-refractivity contribution in [3.05, 3.63) is 29.6 Å². The zero-order valence-electron chi connectivity index (χ0n) is 8.36. The molecule has 1 N–H and O–H groups in total. The average molecular weight is 215 g/mol. The van der Waals surface area contributed by atoms with E-state index in [2.05, 4.69) is 12.2 Å². The van der Waals surface area contributed by atoms with Crippen LogP contribution in [-0.4, -0.2) is 6.04 Å². The smallest absolute Gasteiger partial charge is 0.196 e. The zero-order valence-corrected chi connectivity index (χ0v) is 8.36. The van der Waals surface area contributed by atoms with Crippen molar-refractivity contribution in [2.75, 3.05) is 5.32 Å². The lowest BCUT2D eigenvalue weighted by molar-refractivity contribution is 0.308. The number of nitrogens with one attached hydrogen (secondary N) is 1. The molecule has 1 aliphatic carbocycles. The number of hydrogen-bond acceptors (Lipinski definition) is 1. The van der Waals surface area contributed by atoms with E-state index in [1.54, 1.807) is 0 Å². The molecule has 2 rings (SSSR count). The summed E-state index contributed by atoms with van der Waals surface area (Å²) >= 11 is 0. The molecule has 0 unspecified atom stereocenters. The Bertz CT molecular complexity index is 372. The van der Waals surface area contributed by atoms with E-state index in [1.807, 2.05) is 0 Å². The van der Waals surface area contributed by atoms with Gasteiger partial charge in [-0.2, -0.15) is 0 Å². The molecule has 0 aliphatic heterocycles. The van der Waals surface area contributed by atoms with E-state index >= 15 is 0 Å². The SMILES string of the molecule is CC1CC(Nc2ccc(F)c(F)c2F)C1. The summed E-state index contributed by atoms with van der Waals surface area (Å²) in [6.45, 7) is 2.10. The van der Waals surface area contributed by atoms with Gasteiger partial charge in [0.15, 0.2) is 17.5 Å². The summed E-state index contributed by atoms with van der Waals surface area (Å²) in [4.78, 5) is 0. The molecule has 0 heterocycles. The van der Waals surface area contributed by atoms with Gasteiger partial charge in [-0.25, -0.2) is 13.2 Å². The lowest BCUT2D eigenvalue weighted by Gasteiger charge is -2.34. The van der Waals surface area contributed by atoms with Crippen molar-refractivity contribution in [2.45, 2.75) is 25.8 Å². The highest BCUT2D eigenvalue weighted by Crippen LogP contribution is 2.30. The number of hydrogen-bond donors (Lipinski definition) is 1. The van der Waals surface area contributed by atoms with Gasteiger partial charge in [0.2, 0.25) is 0 Å². The van der Waals surface area contributed by atoms with Gasteiger partial charge in [-0.3, -0.25) is 0 Å². The van der Waals surface area contributed by atoms with Crippen molar-refractivity contribution < 1.29 is 13.2 Å². The average Bonchev–Trinajstić information content (AvgIpc) is 2.16. The molecule has 82 valence electrons. The number of anilines is 1. The summed E-state index contributed by atoms with van der Waals surface area (Å²) in [6.07, 6.45) is 1.89. The predicted octanol–water partition coefficient (Wildman–Crippen LogP) is 3.31. The molecule has 0 atom stereocenters. The first-order valence-electron chi connectivity index (χ1n) is 4.98. The molecule has 1 aromatic rings. The van der Waals surface area contributed by atoms with E-state index in [0.29, 0.717) is 5.92 Å². The Morgan fingerprint density at radius 2 is 1.80 bits per heavy atom. The van der Waals surface area contributed by atoms with Crippen LogP contribution in [0.5, 0.6) is 0 Å². The molecule has 4 heteroatoms. The van der Waals surface area contributed by atoms with E-state index < -0.39 is 17.5 Å². The van der Waals surface area contributed by atoms with Gasteiger partial charge in [0.1, 0.15) is 0 Å². The maximum Gasteiger partial charge on any atom is 0.196 e. The molecule has 0 radical (unpaired) electrons. The van der Waals surface area contributed by atoms with Crippen LogP contribution in [0, 0.1) is 23.4 Å². The van der Waals surface area contributed by atoms with E-state index in [-0.39, 0.29) is 11.7 Å². The molecule has 1 aromatic carbocycles. The highest BCUT2D eigenvalue weighted by atomic mass is 19.2. The Labute approximate surface area is 86.3 Å². The van der Waals surface area contributed by atoms with Crippen molar-refractivity contribution in [1.82, 2.24) is 0 Å². The maximum absolute atomic E-state index is 13.2. The Kier molecular flexibility index (Phi) is 2.59. The van der Waals surface area contributed by atoms with Crippen molar-refractivity contribution in [1.29, 1.82) is 0 Å². The minimum absolute atomic E-state index is 0.0470. The van der Waals surface area contributed by atoms with Gasteiger partial charge < -0.3 is 5.32 Å². The van der Waals surface area contributed by atoms with Crippen molar-refractivity contribution in [3.8, 4) is 0 Å². The van der Waals surface area contributed by atoms with Gasteiger partial charge in [-0.05, 0) is 30.9 Å². The molecule has 15 heavy (non-hydrogen) atoms. The molecule has 1 nitrogen and oxygen atoms in total. The summed E-state index contributed by atoms with van der Waals surface area (Å²) in [6, 6.07) is 2.35. The van der Waals surface area contributed by atoms with Gasteiger partial charge in [0, 0.05) is 6.04 Å². The summed E-state index contributed by atoms with van der Waals surface area (Å²) in [7, 11) is 0. The van der Waals surface area contributed by atoms with Crippen molar-refractivity contribution in [2.24, 2.45) is 5.92 Å². The normalized spacial score (nSPS) is 24.8. The minimum atomic E-state index is -1.41. The standard InChI is InChI=1S/C11H12F3N/c1-6-4-7(5-6)15-9-3-2-8(12)10(13)11(9)14/h2-3,6-7,15H,4-5H2,1H3. The Morgan fingerprint density at radius 1 is 1.13 bits per heavy atom. The van der Waals surface area contributed by atoms with E-state index in [4.69, 9.17) is 0 Å². The molecule has 0 bridgehead atoms. The molecular weight excluding hydrogens is 203 g/mol. The third-order valence-corrected chi connectivity index (χ3v) is 2.77. The fourth-order valence-electron chi connectivity index (χ4n) is 1.88. The second kappa shape index (κ2) is 3.76. The van der Waals surface area contributed by atoms with Crippen LogP contribution in [0.15, 0.2) is 12.1 Å². The molecule has 0 amide bonds. The largest absolute Gasteiger partial charge is 0.380 e. The van der Waals surface area contributed by atoms with Gasteiger partial charge in [0.05, 0.1) is 5.69 Å². The van der Waals surface area contributed by atoms with Crippen LogP contribution in [0.25, 0.3) is 0 Å². The first-order valence-corrected chi connectivity index (χ1v) is 4.98. The topological polar surface area (TPSA) is 12.0 Å². The highest BCUT2D eigenvalue weighted by Gasteiger charge is 2.26. The lowest BCUT2D eigenvalue weighted by Crippen LogP contribution is -2.34. The van der Waals surface area contributed by atoms with Crippen LogP contribution in [0.4, 0.5) is 18.9 Å². The van der Waals surface area contributed by atoms with Crippen LogP contribution in [-0.2, 0) is 0 Å². The van der Waals surface area contributed by atoms with Crippen molar-refractivity contribution in [3.63, 3.8) is 0 Å².